The molecule has 0 aliphatic rings. The predicted molar refractivity (Wildman–Crippen MR) is 82.3 cm³/mol. The molecule has 21 heavy (non-hydrogen) atoms. The van der Waals surface area contributed by atoms with E-state index in [1.54, 1.807) is 0 Å². The number of nitrogens with one attached hydrogen (secondary N) is 1. The molecule has 0 aromatic carbocycles. The van der Waals surface area contributed by atoms with Crippen LogP contribution in [0.25, 0.3) is 0 Å². The van der Waals surface area contributed by atoms with Crippen molar-refractivity contribution in [3.05, 3.63) is 26.9 Å². The Balaban J connectivity index is 2.52. The second-order valence-corrected chi connectivity index (χ2v) is 6.37. The van der Waals surface area contributed by atoms with Crippen LogP contribution in [-0.2, 0) is 4.79 Å². The molecule has 116 valence electrons. The third-order valence-corrected chi connectivity index (χ3v) is 3.75. The Morgan fingerprint density at radius 3 is 2.71 bits per heavy atom. The van der Waals surface area contributed by atoms with Gasteiger partial charge in [-0.05, 0) is 34.2 Å². The molecule has 0 amide bonds. The lowest BCUT2D eigenvalue weighted by Gasteiger charge is -2.24. The van der Waals surface area contributed by atoms with Gasteiger partial charge in [0.1, 0.15) is 12.0 Å². The molecule has 0 atom stereocenters. The van der Waals surface area contributed by atoms with Crippen molar-refractivity contribution in [1.82, 2.24) is 4.98 Å². The van der Waals surface area contributed by atoms with Gasteiger partial charge in [0.2, 0.25) is 0 Å². The fraction of sp³-hybridized carbons (Fsp3) is 0.538. The number of hydrogen-bond donors (Lipinski definition) is 2. The maximum atomic E-state index is 10.6. The van der Waals surface area contributed by atoms with Gasteiger partial charge in [0.05, 0.1) is 9.40 Å². The summed E-state index contributed by atoms with van der Waals surface area (Å²) in [5.41, 5.74) is -0.173. The number of nitro groups is 1. The Kier molecular flexibility index (Phi) is 6.07. The number of carboxylic acid groups (broad SMARTS) is 1. The number of aliphatic carboxylic acids is 1. The van der Waals surface area contributed by atoms with Crippen molar-refractivity contribution in [3.8, 4) is 0 Å². The number of halogens is 1. The van der Waals surface area contributed by atoms with Crippen LogP contribution in [0.3, 0.4) is 0 Å². The highest BCUT2D eigenvalue weighted by Crippen LogP contribution is 2.28. The van der Waals surface area contributed by atoms with Gasteiger partial charge in [-0.25, -0.2) is 4.98 Å². The summed E-state index contributed by atoms with van der Waals surface area (Å²) in [4.78, 5) is 24.7. The van der Waals surface area contributed by atoms with E-state index in [-0.39, 0.29) is 17.5 Å². The van der Waals surface area contributed by atoms with E-state index in [0.29, 0.717) is 23.3 Å². The van der Waals surface area contributed by atoms with Crippen molar-refractivity contribution < 1.29 is 14.8 Å². The van der Waals surface area contributed by atoms with E-state index >= 15 is 0 Å². The van der Waals surface area contributed by atoms with Crippen LogP contribution in [0.5, 0.6) is 0 Å². The minimum absolute atomic E-state index is 0.0748. The van der Waals surface area contributed by atoms with Crippen LogP contribution in [0.1, 0.15) is 33.1 Å². The van der Waals surface area contributed by atoms with Crippen molar-refractivity contribution in [3.63, 3.8) is 0 Å². The maximum absolute atomic E-state index is 10.6. The monoisotopic (exact) mass is 359 g/mol. The molecule has 0 aliphatic carbocycles. The number of carbonyl (C=O) groups is 1. The van der Waals surface area contributed by atoms with E-state index in [0.717, 1.165) is 6.42 Å². The Morgan fingerprint density at radius 1 is 1.52 bits per heavy atom. The van der Waals surface area contributed by atoms with Gasteiger partial charge >= 0.3 is 5.97 Å². The van der Waals surface area contributed by atoms with Crippen LogP contribution in [0.2, 0.25) is 0 Å². The Hall–Kier alpha value is -1.70. The fourth-order valence-electron chi connectivity index (χ4n) is 1.75. The molecule has 0 saturated heterocycles. The van der Waals surface area contributed by atoms with Crippen molar-refractivity contribution in [2.45, 2.75) is 33.1 Å². The minimum atomic E-state index is -0.796. The third kappa shape index (κ3) is 6.07. The molecular weight excluding hydrogens is 342 g/mol. The Morgan fingerprint density at radius 2 is 2.19 bits per heavy atom. The largest absolute Gasteiger partial charge is 0.481 e. The van der Waals surface area contributed by atoms with Gasteiger partial charge in [-0.3, -0.25) is 14.9 Å². The molecule has 1 aromatic heterocycles. The highest BCUT2D eigenvalue weighted by atomic mass is 79.9. The highest BCUT2D eigenvalue weighted by Gasteiger charge is 2.19. The van der Waals surface area contributed by atoms with E-state index in [1.165, 1.54) is 12.3 Å². The predicted octanol–water partition coefficient (Wildman–Crippen LogP) is 3.45. The lowest BCUT2D eigenvalue weighted by atomic mass is 9.84. The molecule has 8 heteroatoms. The van der Waals surface area contributed by atoms with E-state index in [2.05, 4.69) is 26.2 Å². The number of pyridine rings is 1. The molecule has 2 N–H and O–H groups in total. The second kappa shape index (κ2) is 7.35. The first-order chi connectivity index (χ1) is 9.71. The fourth-order valence-corrected chi connectivity index (χ4v) is 2.22. The van der Waals surface area contributed by atoms with Gasteiger partial charge in [-0.1, -0.05) is 13.8 Å². The van der Waals surface area contributed by atoms with Gasteiger partial charge in [0.15, 0.2) is 0 Å². The number of carboxylic acids is 1. The maximum Gasteiger partial charge on any atom is 0.303 e. The zero-order valence-corrected chi connectivity index (χ0v) is 13.5. The van der Waals surface area contributed by atoms with Crippen LogP contribution in [-0.4, -0.2) is 27.5 Å². The van der Waals surface area contributed by atoms with Gasteiger partial charge in [-0.2, -0.15) is 0 Å². The van der Waals surface area contributed by atoms with Crippen LogP contribution >= 0.6 is 15.9 Å². The summed E-state index contributed by atoms with van der Waals surface area (Å²) >= 11 is 3.24. The van der Waals surface area contributed by atoms with Crippen molar-refractivity contribution in [2.75, 3.05) is 11.9 Å². The summed E-state index contributed by atoms with van der Waals surface area (Å²) in [7, 11) is 0. The smallest absolute Gasteiger partial charge is 0.303 e. The molecule has 0 radical (unpaired) electrons. The highest BCUT2D eigenvalue weighted by molar-refractivity contribution is 9.10. The number of hydrogen-bond acceptors (Lipinski definition) is 5. The SMILES string of the molecule is CC(C)(CCNc1ncc([N+](=O)[O-])cc1Br)CCC(=O)O. The number of nitrogens with zero attached hydrogens (tertiary/aromatic N) is 2. The van der Waals surface area contributed by atoms with Gasteiger partial charge in [0, 0.05) is 19.0 Å². The number of rotatable bonds is 8. The molecule has 7 nitrogen and oxygen atoms in total. The normalized spacial score (nSPS) is 11.2. The molecule has 0 unspecified atom stereocenters. The first-order valence-corrected chi connectivity index (χ1v) is 7.26. The summed E-state index contributed by atoms with van der Waals surface area (Å²) in [6.07, 6.45) is 2.71. The Labute approximate surface area is 131 Å². The molecule has 1 aromatic rings. The molecule has 0 bridgehead atoms. The van der Waals surface area contributed by atoms with Crippen LogP contribution in [0.15, 0.2) is 16.7 Å². The van der Waals surface area contributed by atoms with Crippen molar-refractivity contribution >= 4 is 33.4 Å². The zero-order chi connectivity index (χ0) is 16.0. The summed E-state index contributed by atoms with van der Waals surface area (Å²) < 4.78 is 0.528. The molecule has 1 heterocycles. The zero-order valence-electron chi connectivity index (χ0n) is 11.9. The topological polar surface area (TPSA) is 105 Å². The van der Waals surface area contributed by atoms with Crippen molar-refractivity contribution in [2.24, 2.45) is 5.41 Å². The van der Waals surface area contributed by atoms with Crippen LogP contribution < -0.4 is 5.32 Å². The lowest BCUT2D eigenvalue weighted by Crippen LogP contribution is -2.18. The first kappa shape index (κ1) is 17.4. The van der Waals surface area contributed by atoms with Crippen LogP contribution in [0.4, 0.5) is 11.5 Å². The summed E-state index contributed by atoms with van der Waals surface area (Å²) in [6, 6.07) is 1.39. The average Bonchev–Trinajstić information content (AvgIpc) is 2.38. The summed E-state index contributed by atoms with van der Waals surface area (Å²) in [5.74, 6) is -0.259. The average molecular weight is 360 g/mol. The minimum Gasteiger partial charge on any atom is -0.481 e. The van der Waals surface area contributed by atoms with Gasteiger partial charge in [-0.15, -0.1) is 0 Å². The molecule has 0 saturated carbocycles. The van der Waals surface area contributed by atoms with E-state index in [4.69, 9.17) is 5.11 Å². The third-order valence-electron chi connectivity index (χ3n) is 3.15. The van der Waals surface area contributed by atoms with Crippen molar-refractivity contribution in [1.29, 1.82) is 0 Å². The molecule has 0 spiro atoms. The summed E-state index contributed by atoms with van der Waals surface area (Å²) in [5, 5.41) is 22.4. The number of anilines is 1. The molecule has 0 fully saturated rings. The molecule has 0 aliphatic heterocycles. The second-order valence-electron chi connectivity index (χ2n) is 5.52. The molecule has 1 rings (SSSR count). The van der Waals surface area contributed by atoms with Gasteiger partial charge in [0.25, 0.3) is 5.69 Å². The van der Waals surface area contributed by atoms with Crippen LogP contribution in [0, 0.1) is 15.5 Å². The Bertz CT molecular complexity index is 534. The summed E-state index contributed by atoms with van der Waals surface area (Å²) in [6.45, 7) is 4.63. The lowest BCUT2D eigenvalue weighted by molar-refractivity contribution is -0.385. The first-order valence-electron chi connectivity index (χ1n) is 6.47. The standard InChI is InChI=1S/C13H18BrN3O4/c1-13(2,4-3-11(18)19)5-6-15-12-10(14)7-9(8-16-12)17(20)21/h7-8H,3-6H2,1-2H3,(H,15,16)(H,18,19). The van der Waals surface area contributed by atoms with Gasteiger partial charge < -0.3 is 10.4 Å². The van der Waals surface area contributed by atoms with E-state index in [1.807, 2.05) is 13.8 Å². The van der Waals surface area contributed by atoms with E-state index in [9.17, 15) is 14.9 Å². The number of aromatic nitrogens is 1. The quantitative estimate of drug-likeness (QED) is 0.543. The van der Waals surface area contributed by atoms with E-state index < -0.39 is 10.9 Å². The molecular formula is C13H18BrN3O4.